The van der Waals surface area contributed by atoms with Crippen molar-refractivity contribution in [2.45, 2.75) is 26.3 Å². The van der Waals surface area contributed by atoms with Crippen molar-refractivity contribution in [1.29, 1.82) is 0 Å². The van der Waals surface area contributed by atoms with Gasteiger partial charge in [-0.2, -0.15) is 0 Å². The van der Waals surface area contributed by atoms with E-state index in [-0.39, 0.29) is 6.04 Å². The number of hydrogen-bond acceptors (Lipinski definition) is 6. The molecule has 4 rings (SSSR count). The zero-order valence-corrected chi connectivity index (χ0v) is 18.4. The summed E-state index contributed by atoms with van der Waals surface area (Å²) in [6.07, 6.45) is 2.39. The Balaban J connectivity index is 1.63. The average Bonchev–Trinajstić information content (AvgIpc) is 3.20. The number of fused-ring (bicyclic) bond motifs is 1. The number of anilines is 1. The second kappa shape index (κ2) is 9.05. The Hall–Kier alpha value is -3.94. The summed E-state index contributed by atoms with van der Waals surface area (Å²) in [7, 11) is 1.66. The van der Waals surface area contributed by atoms with Crippen LogP contribution in [-0.2, 0) is 6.42 Å². The van der Waals surface area contributed by atoms with Crippen molar-refractivity contribution in [2.75, 3.05) is 19.0 Å². The third-order valence-corrected chi connectivity index (χ3v) is 5.29. The molecule has 2 aromatic heterocycles. The average molecular weight is 431 g/mol. The molecule has 0 atom stereocenters. The summed E-state index contributed by atoms with van der Waals surface area (Å²) in [5.74, 6) is 1.85. The number of rotatable bonds is 8. The predicted molar refractivity (Wildman–Crippen MR) is 125 cm³/mol. The monoisotopic (exact) mass is 430 g/mol. The number of nitrogens with two attached hydrogens (primary N) is 1. The fourth-order valence-corrected chi connectivity index (χ4v) is 3.63. The minimum absolute atomic E-state index is 0.132. The highest BCUT2D eigenvalue weighted by Gasteiger charge is 2.19. The van der Waals surface area contributed by atoms with Gasteiger partial charge in [-0.25, -0.2) is 15.0 Å². The summed E-state index contributed by atoms with van der Waals surface area (Å²) in [6, 6.07) is 15.3. The van der Waals surface area contributed by atoms with Gasteiger partial charge >= 0.3 is 0 Å². The number of imidazole rings is 1. The van der Waals surface area contributed by atoms with Gasteiger partial charge in [-0.05, 0) is 50.1 Å². The largest absolute Gasteiger partial charge is 0.497 e. The molecule has 0 aliphatic carbocycles. The summed E-state index contributed by atoms with van der Waals surface area (Å²) >= 11 is 0. The van der Waals surface area contributed by atoms with Crippen molar-refractivity contribution in [1.82, 2.24) is 19.5 Å². The van der Waals surface area contributed by atoms with Crippen LogP contribution in [0.1, 0.15) is 35.8 Å². The highest BCUT2D eigenvalue weighted by molar-refractivity contribution is 5.93. The zero-order chi connectivity index (χ0) is 22.7. The lowest BCUT2D eigenvalue weighted by Crippen LogP contribution is -2.10. The van der Waals surface area contributed by atoms with E-state index in [1.54, 1.807) is 25.6 Å². The van der Waals surface area contributed by atoms with Crippen molar-refractivity contribution < 1.29 is 9.53 Å². The first-order valence-electron chi connectivity index (χ1n) is 10.5. The van der Waals surface area contributed by atoms with E-state index >= 15 is 0 Å². The summed E-state index contributed by atoms with van der Waals surface area (Å²) in [6.45, 7) is 4.87. The quantitative estimate of drug-likeness (QED) is 0.440. The van der Waals surface area contributed by atoms with Gasteiger partial charge in [-0.3, -0.25) is 4.79 Å². The third-order valence-electron chi connectivity index (χ3n) is 5.29. The Kier molecular flexibility index (Phi) is 6.02. The third kappa shape index (κ3) is 4.25. The van der Waals surface area contributed by atoms with Gasteiger partial charge in [-0.1, -0.05) is 24.3 Å². The maximum absolute atomic E-state index is 11.4. The number of nitrogens with zero attached hydrogens (tertiary/aromatic N) is 4. The fourth-order valence-electron chi connectivity index (χ4n) is 3.63. The van der Waals surface area contributed by atoms with Gasteiger partial charge in [0, 0.05) is 23.7 Å². The molecule has 0 bridgehead atoms. The van der Waals surface area contributed by atoms with E-state index in [2.05, 4.69) is 45.8 Å². The molecule has 164 valence electrons. The van der Waals surface area contributed by atoms with Crippen molar-refractivity contribution >= 4 is 22.9 Å². The normalized spacial score (nSPS) is 11.1. The van der Waals surface area contributed by atoms with Crippen LogP contribution in [0.15, 0.2) is 54.9 Å². The lowest BCUT2D eigenvalue weighted by molar-refractivity contribution is 0.100. The van der Waals surface area contributed by atoms with Gasteiger partial charge in [0.15, 0.2) is 17.0 Å². The first kappa shape index (κ1) is 21.3. The lowest BCUT2D eigenvalue weighted by atomic mass is 10.1. The van der Waals surface area contributed by atoms with Gasteiger partial charge in [0.1, 0.15) is 17.9 Å². The summed E-state index contributed by atoms with van der Waals surface area (Å²) < 4.78 is 7.29. The first-order valence-corrected chi connectivity index (χ1v) is 10.5. The smallest absolute Gasteiger partial charge is 0.248 e. The van der Waals surface area contributed by atoms with Crippen LogP contribution < -0.4 is 15.8 Å². The van der Waals surface area contributed by atoms with Crippen LogP contribution in [0.25, 0.3) is 22.6 Å². The highest BCUT2D eigenvalue weighted by Crippen LogP contribution is 2.30. The van der Waals surface area contributed by atoms with Gasteiger partial charge in [0.25, 0.3) is 0 Å². The standard InChI is InChI=1S/C24H26N6O2/c1-15(2)30-23(18-8-6-17(7-9-18)21(25)31)29-20-22(27-14-28-24(20)30)26-13-12-16-4-10-19(32-3)11-5-16/h4-11,14-15H,12-13H2,1-3H3,(H2,25,31)(H,26,27,28). The molecular weight excluding hydrogens is 404 g/mol. The van der Waals surface area contributed by atoms with E-state index in [4.69, 9.17) is 15.5 Å². The molecule has 0 saturated heterocycles. The Morgan fingerprint density at radius 2 is 1.81 bits per heavy atom. The second-order valence-corrected chi connectivity index (χ2v) is 7.76. The van der Waals surface area contributed by atoms with Crippen molar-refractivity contribution in [3.63, 3.8) is 0 Å². The number of carbonyl (C=O) groups excluding carboxylic acids is 1. The molecule has 0 aliphatic rings. The lowest BCUT2D eigenvalue weighted by Gasteiger charge is -2.12. The number of ether oxygens (including phenoxy) is 1. The molecule has 0 saturated carbocycles. The summed E-state index contributed by atoms with van der Waals surface area (Å²) in [5, 5.41) is 3.40. The van der Waals surface area contributed by atoms with Crippen LogP contribution >= 0.6 is 0 Å². The van der Waals surface area contributed by atoms with E-state index in [0.29, 0.717) is 23.4 Å². The SMILES string of the molecule is COc1ccc(CCNc2ncnc3c2nc(-c2ccc(C(N)=O)cc2)n3C(C)C)cc1. The van der Waals surface area contributed by atoms with Crippen LogP contribution in [-0.4, -0.2) is 39.1 Å². The fraction of sp³-hybridized carbons (Fsp3) is 0.250. The van der Waals surface area contributed by atoms with Crippen LogP contribution in [0.5, 0.6) is 5.75 Å². The zero-order valence-electron chi connectivity index (χ0n) is 18.4. The molecule has 2 heterocycles. The van der Waals surface area contributed by atoms with E-state index < -0.39 is 5.91 Å². The number of carbonyl (C=O) groups is 1. The predicted octanol–water partition coefficient (Wildman–Crippen LogP) is 3.84. The number of methoxy groups -OCH3 is 1. The van der Waals surface area contributed by atoms with E-state index in [1.807, 2.05) is 24.3 Å². The Morgan fingerprint density at radius 3 is 2.44 bits per heavy atom. The van der Waals surface area contributed by atoms with Gasteiger partial charge in [0.05, 0.1) is 7.11 Å². The molecule has 8 nitrogen and oxygen atoms in total. The van der Waals surface area contributed by atoms with Crippen LogP contribution in [0.2, 0.25) is 0 Å². The minimum atomic E-state index is -0.455. The first-order chi connectivity index (χ1) is 15.5. The Bertz CT molecular complexity index is 1230. The van der Waals surface area contributed by atoms with Crippen molar-refractivity contribution in [2.24, 2.45) is 5.73 Å². The molecular formula is C24H26N6O2. The van der Waals surface area contributed by atoms with Crippen molar-refractivity contribution in [3.8, 4) is 17.1 Å². The molecule has 0 fully saturated rings. The molecule has 1 amide bonds. The van der Waals surface area contributed by atoms with Crippen LogP contribution in [0, 0.1) is 0 Å². The maximum Gasteiger partial charge on any atom is 0.248 e. The molecule has 0 spiro atoms. The van der Waals surface area contributed by atoms with E-state index in [0.717, 1.165) is 29.2 Å². The molecule has 0 unspecified atom stereocenters. The molecule has 0 radical (unpaired) electrons. The number of hydrogen-bond donors (Lipinski definition) is 2. The highest BCUT2D eigenvalue weighted by atomic mass is 16.5. The minimum Gasteiger partial charge on any atom is -0.497 e. The van der Waals surface area contributed by atoms with Gasteiger partial charge in [-0.15, -0.1) is 0 Å². The van der Waals surface area contributed by atoms with Gasteiger partial charge < -0.3 is 20.4 Å². The summed E-state index contributed by atoms with van der Waals surface area (Å²) in [5.41, 5.74) is 9.39. The van der Waals surface area contributed by atoms with Gasteiger partial charge in [0.2, 0.25) is 5.91 Å². The topological polar surface area (TPSA) is 108 Å². The van der Waals surface area contributed by atoms with E-state index in [1.165, 1.54) is 5.56 Å². The number of benzene rings is 2. The Morgan fingerprint density at radius 1 is 1.09 bits per heavy atom. The molecule has 0 aliphatic heterocycles. The Labute approximate surface area is 186 Å². The molecule has 8 heteroatoms. The number of nitrogens with one attached hydrogen (secondary N) is 1. The number of primary amides is 1. The summed E-state index contributed by atoms with van der Waals surface area (Å²) in [4.78, 5) is 25.2. The van der Waals surface area contributed by atoms with E-state index in [9.17, 15) is 4.79 Å². The number of amides is 1. The van der Waals surface area contributed by atoms with Crippen molar-refractivity contribution in [3.05, 3.63) is 66.0 Å². The molecule has 32 heavy (non-hydrogen) atoms. The number of aromatic nitrogens is 4. The van der Waals surface area contributed by atoms with Crippen LogP contribution in [0.4, 0.5) is 5.82 Å². The molecule has 2 aromatic carbocycles. The maximum atomic E-state index is 11.4. The molecule has 4 aromatic rings. The molecule has 3 N–H and O–H groups in total. The van der Waals surface area contributed by atoms with Crippen LogP contribution in [0.3, 0.4) is 0 Å². The second-order valence-electron chi connectivity index (χ2n) is 7.76.